The normalized spacial score (nSPS) is 11.6. The van der Waals surface area contributed by atoms with Gasteiger partial charge in [0.2, 0.25) is 5.89 Å². The highest BCUT2D eigenvalue weighted by molar-refractivity contribution is 7.09. The molecule has 0 atom stereocenters. The molecule has 0 spiro atoms. The molecule has 19 heavy (non-hydrogen) atoms. The fourth-order valence-corrected chi connectivity index (χ4v) is 2.69. The van der Waals surface area contributed by atoms with Crippen LogP contribution in [0.25, 0.3) is 21.9 Å². The number of fused-ring (bicyclic) bond motifs is 1. The molecule has 3 aromatic rings. The van der Waals surface area contributed by atoms with Crippen molar-refractivity contribution in [3.05, 3.63) is 22.8 Å². The predicted octanol–water partition coefficient (Wildman–Crippen LogP) is 3.71. The molecule has 98 valence electrons. The Kier molecular flexibility index (Phi) is 2.91. The van der Waals surface area contributed by atoms with Crippen LogP contribution in [0.15, 0.2) is 16.5 Å². The number of nitrogen functional groups attached to an aromatic ring is 1. The Balaban J connectivity index is 2.18. The third-order valence-electron chi connectivity index (χ3n) is 2.76. The van der Waals surface area contributed by atoms with E-state index in [1.54, 1.807) is 12.1 Å². The second-order valence-corrected chi connectivity index (χ2v) is 5.66. The Hall–Kier alpha value is -1.66. The molecule has 0 aliphatic heterocycles. The predicted molar refractivity (Wildman–Crippen MR) is 76.4 cm³/mol. The average Bonchev–Trinajstić information content (AvgIpc) is 2.95. The van der Waals surface area contributed by atoms with Crippen molar-refractivity contribution in [2.24, 2.45) is 0 Å². The Morgan fingerprint density at radius 3 is 2.89 bits per heavy atom. The first kappa shape index (κ1) is 12.4. The van der Waals surface area contributed by atoms with Crippen molar-refractivity contribution < 1.29 is 4.42 Å². The first-order chi connectivity index (χ1) is 9.06. The topological polar surface area (TPSA) is 77.8 Å². The van der Waals surface area contributed by atoms with E-state index < -0.39 is 0 Å². The van der Waals surface area contributed by atoms with E-state index in [-0.39, 0.29) is 5.92 Å². The molecule has 2 aromatic heterocycles. The van der Waals surface area contributed by atoms with Gasteiger partial charge in [-0.05, 0) is 23.5 Å². The highest BCUT2D eigenvalue weighted by atomic mass is 35.5. The van der Waals surface area contributed by atoms with Crippen LogP contribution in [0.1, 0.15) is 25.5 Å². The van der Waals surface area contributed by atoms with E-state index in [1.807, 2.05) is 0 Å². The van der Waals surface area contributed by atoms with Crippen LogP contribution in [-0.4, -0.2) is 14.6 Å². The lowest BCUT2D eigenvalue weighted by molar-refractivity contribution is 0.619. The number of oxazole rings is 1. The zero-order valence-corrected chi connectivity index (χ0v) is 11.9. The van der Waals surface area contributed by atoms with Gasteiger partial charge in [0, 0.05) is 6.07 Å². The molecule has 1 aromatic carbocycles. The molecule has 2 N–H and O–H groups in total. The van der Waals surface area contributed by atoms with Crippen molar-refractivity contribution in [1.82, 2.24) is 14.6 Å². The van der Waals surface area contributed by atoms with Crippen LogP contribution in [0.3, 0.4) is 0 Å². The molecule has 0 aliphatic carbocycles. The largest absolute Gasteiger partial charge is 0.435 e. The second kappa shape index (κ2) is 4.47. The Bertz CT molecular complexity index is 710. The van der Waals surface area contributed by atoms with Crippen molar-refractivity contribution in [3.8, 4) is 10.8 Å². The zero-order chi connectivity index (χ0) is 13.6. The lowest BCUT2D eigenvalue weighted by atomic mass is 10.1. The number of nitrogens with two attached hydrogens (primary N) is 1. The summed E-state index contributed by atoms with van der Waals surface area (Å²) in [6.45, 7) is 4.11. The van der Waals surface area contributed by atoms with Gasteiger partial charge in [0.25, 0.3) is 0 Å². The number of nitrogens with zero attached hydrogens (tertiary/aromatic N) is 3. The Morgan fingerprint density at radius 1 is 1.37 bits per heavy atom. The number of benzene rings is 1. The van der Waals surface area contributed by atoms with E-state index in [4.69, 9.17) is 21.8 Å². The minimum atomic E-state index is 0.261. The molecule has 0 fully saturated rings. The van der Waals surface area contributed by atoms with Gasteiger partial charge < -0.3 is 10.2 Å². The highest BCUT2D eigenvalue weighted by Gasteiger charge is 2.19. The maximum Gasteiger partial charge on any atom is 0.241 e. The van der Waals surface area contributed by atoms with Gasteiger partial charge in [-0.3, -0.25) is 0 Å². The summed E-state index contributed by atoms with van der Waals surface area (Å²) in [7, 11) is 0. The molecular weight excluding hydrogens is 284 g/mol. The number of aromatic nitrogens is 3. The maximum atomic E-state index is 5.97. The molecule has 0 saturated carbocycles. The Labute approximate surface area is 118 Å². The summed E-state index contributed by atoms with van der Waals surface area (Å²) in [5, 5.41) is 4.59. The molecule has 0 radical (unpaired) electrons. The average molecular weight is 295 g/mol. The van der Waals surface area contributed by atoms with Crippen molar-refractivity contribution in [3.63, 3.8) is 0 Å². The van der Waals surface area contributed by atoms with Gasteiger partial charge in [0.1, 0.15) is 10.4 Å². The molecule has 0 saturated heterocycles. The third-order valence-corrected chi connectivity index (χ3v) is 3.82. The number of rotatable bonds is 2. The van der Waals surface area contributed by atoms with Gasteiger partial charge >= 0.3 is 0 Å². The monoisotopic (exact) mass is 294 g/mol. The molecule has 0 bridgehead atoms. The number of hydrogen-bond donors (Lipinski definition) is 1. The fraction of sp³-hybridized carbons (Fsp3) is 0.250. The third kappa shape index (κ3) is 2.06. The first-order valence-corrected chi connectivity index (χ1v) is 6.89. The summed E-state index contributed by atoms with van der Waals surface area (Å²) in [6.07, 6.45) is 0. The van der Waals surface area contributed by atoms with Crippen LogP contribution in [0, 0.1) is 0 Å². The van der Waals surface area contributed by atoms with Crippen LogP contribution in [-0.2, 0) is 0 Å². The van der Waals surface area contributed by atoms with Gasteiger partial charge in [-0.2, -0.15) is 0 Å². The molecule has 2 heterocycles. The van der Waals surface area contributed by atoms with Crippen molar-refractivity contribution in [1.29, 1.82) is 0 Å². The summed E-state index contributed by atoms with van der Waals surface area (Å²) in [6, 6.07) is 3.38. The quantitative estimate of drug-likeness (QED) is 0.729. The molecule has 7 heteroatoms. The number of anilines is 1. The van der Waals surface area contributed by atoms with Gasteiger partial charge in [-0.1, -0.05) is 29.9 Å². The molecule has 3 rings (SSSR count). The van der Waals surface area contributed by atoms with Gasteiger partial charge in [-0.15, -0.1) is 5.10 Å². The molecule has 5 nitrogen and oxygen atoms in total. The second-order valence-electron chi connectivity index (χ2n) is 4.50. The SMILES string of the molecule is CC(C)c1nnsc1-c1nc2cc(Cl)c(N)cc2o1. The maximum absolute atomic E-state index is 5.97. The van der Waals surface area contributed by atoms with Crippen LogP contribution in [0.4, 0.5) is 5.69 Å². The van der Waals surface area contributed by atoms with Crippen LogP contribution >= 0.6 is 23.1 Å². The number of halogens is 1. The van der Waals surface area contributed by atoms with Crippen LogP contribution < -0.4 is 5.73 Å². The van der Waals surface area contributed by atoms with E-state index in [9.17, 15) is 0 Å². The lowest BCUT2D eigenvalue weighted by Crippen LogP contribution is -1.90. The van der Waals surface area contributed by atoms with E-state index in [0.717, 1.165) is 10.6 Å². The van der Waals surface area contributed by atoms with Gasteiger partial charge in [0.15, 0.2) is 5.58 Å². The smallest absolute Gasteiger partial charge is 0.241 e. The van der Waals surface area contributed by atoms with Crippen LogP contribution in [0.2, 0.25) is 5.02 Å². The Morgan fingerprint density at radius 2 is 2.16 bits per heavy atom. The lowest BCUT2D eigenvalue weighted by Gasteiger charge is -1.99. The summed E-state index contributed by atoms with van der Waals surface area (Å²) in [4.78, 5) is 5.27. The van der Waals surface area contributed by atoms with E-state index in [0.29, 0.717) is 27.7 Å². The summed E-state index contributed by atoms with van der Waals surface area (Å²) >= 11 is 7.25. The zero-order valence-electron chi connectivity index (χ0n) is 10.3. The summed E-state index contributed by atoms with van der Waals surface area (Å²) in [5.74, 6) is 0.771. The van der Waals surface area contributed by atoms with Crippen molar-refractivity contribution >= 4 is 39.9 Å². The minimum absolute atomic E-state index is 0.261. The van der Waals surface area contributed by atoms with Crippen molar-refractivity contribution in [2.45, 2.75) is 19.8 Å². The molecule has 0 aliphatic rings. The summed E-state index contributed by atoms with van der Waals surface area (Å²) in [5.41, 5.74) is 8.40. The van der Waals surface area contributed by atoms with E-state index in [1.165, 1.54) is 11.5 Å². The standard InChI is InChI=1S/C12H11ClN4OS/c1-5(2)10-11(19-17-16-10)12-15-8-3-6(13)7(14)4-9(8)18-12/h3-5H,14H2,1-2H3. The molecule has 0 amide bonds. The van der Waals surface area contributed by atoms with Gasteiger partial charge in [0.05, 0.1) is 16.4 Å². The van der Waals surface area contributed by atoms with Crippen LogP contribution in [0.5, 0.6) is 0 Å². The van der Waals surface area contributed by atoms with Crippen molar-refractivity contribution in [2.75, 3.05) is 5.73 Å². The fourth-order valence-electron chi connectivity index (χ4n) is 1.78. The van der Waals surface area contributed by atoms with Gasteiger partial charge in [-0.25, -0.2) is 4.98 Å². The highest BCUT2D eigenvalue weighted by Crippen LogP contribution is 2.34. The first-order valence-electron chi connectivity index (χ1n) is 5.74. The summed E-state index contributed by atoms with van der Waals surface area (Å²) < 4.78 is 9.69. The van der Waals surface area contributed by atoms with E-state index >= 15 is 0 Å². The number of hydrogen-bond acceptors (Lipinski definition) is 6. The van der Waals surface area contributed by atoms with E-state index in [2.05, 4.69) is 28.4 Å². The molecule has 0 unspecified atom stereocenters. The molecular formula is C12H11ClN4OS. The minimum Gasteiger partial charge on any atom is -0.435 e.